The normalized spacial score (nSPS) is 15.3. The summed E-state index contributed by atoms with van der Waals surface area (Å²) in [5, 5.41) is 8.27. The Morgan fingerprint density at radius 3 is 1.75 bits per heavy atom. The fourth-order valence-electron chi connectivity index (χ4n) is 1.70. The van der Waals surface area contributed by atoms with Gasteiger partial charge in [-0.25, -0.2) is 0 Å². The van der Waals surface area contributed by atoms with Crippen molar-refractivity contribution >= 4 is 17.6 Å². The highest BCUT2D eigenvalue weighted by atomic mass is 16.2. The largest absolute Gasteiger partial charge is 0.345 e. The molecule has 0 aliphatic rings. The summed E-state index contributed by atoms with van der Waals surface area (Å²) in [6.45, 7) is 10.6. The molecule has 3 N–H and O–H groups in total. The summed E-state index contributed by atoms with van der Waals surface area (Å²) < 4.78 is 0. The van der Waals surface area contributed by atoms with E-state index in [0.717, 1.165) is 0 Å². The predicted octanol–water partition coefficient (Wildman–Crippen LogP) is 1.10. The van der Waals surface area contributed by atoms with Gasteiger partial charge in [0.05, 0.1) is 12.1 Å². The number of Topliss-reactive ketones (excluding diaryl/α,β-unsaturated/α-hetero) is 1. The second kappa shape index (κ2) is 8.68. The number of ketones is 1. The van der Waals surface area contributed by atoms with Gasteiger partial charge in [-0.05, 0) is 20.8 Å². The number of hydrogen-bond acceptors (Lipinski definition) is 4. The van der Waals surface area contributed by atoms with Crippen LogP contribution in [-0.4, -0.2) is 41.8 Å². The highest BCUT2D eigenvalue weighted by Gasteiger charge is 2.22. The predicted molar refractivity (Wildman–Crippen MR) is 84.6 cm³/mol. The summed E-state index contributed by atoms with van der Waals surface area (Å²) in [6.07, 6.45) is 0.373. The summed E-state index contributed by atoms with van der Waals surface area (Å²) in [4.78, 5) is 35.1. The molecule has 0 aliphatic carbocycles. The van der Waals surface area contributed by atoms with Crippen molar-refractivity contribution in [3.05, 3.63) is 0 Å². The standard InChI is InChI=1S/C14H27N3O3.3H2/c1-7-12(18)9(4)16-14(20)11(6)17-13(19)10(5)15-8(2)3;;;/h8-11,15H,7H2,1-6H3,(H,16,20)(H,17,19);3*1H. The minimum Gasteiger partial charge on any atom is -0.345 e. The Morgan fingerprint density at radius 2 is 1.30 bits per heavy atom. The lowest BCUT2D eigenvalue weighted by Crippen LogP contribution is -2.53. The monoisotopic (exact) mass is 291 g/mol. The number of carbonyl (C=O) groups excluding carboxylic acids is 3. The molecule has 20 heavy (non-hydrogen) atoms. The number of rotatable bonds is 8. The van der Waals surface area contributed by atoms with Crippen LogP contribution < -0.4 is 16.0 Å². The van der Waals surface area contributed by atoms with E-state index in [0.29, 0.717) is 6.42 Å². The summed E-state index contributed by atoms with van der Waals surface area (Å²) in [5.74, 6) is -0.632. The van der Waals surface area contributed by atoms with Crippen molar-refractivity contribution in [2.24, 2.45) is 0 Å². The van der Waals surface area contributed by atoms with Crippen LogP contribution in [0.5, 0.6) is 0 Å². The van der Waals surface area contributed by atoms with E-state index in [9.17, 15) is 14.4 Å². The lowest BCUT2D eigenvalue weighted by atomic mass is 10.1. The van der Waals surface area contributed by atoms with Crippen molar-refractivity contribution < 1.29 is 18.7 Å². The van der Waals surface area contributed by atoms with Crippen molar-refractivity contribution in [3.63, 3.8) is 0 Å². The van der Waals surface area contributed by atoms with Gasteiger partial charge in [-0.3, -0.25) is 14.4 Å². The van der Waals surface area contributed by atoms with Gasteiger partial charge in [0, 0.05) is 16.7 Å². The molecular formula is C14H33N3O3. The van der Waals surface area contributed by atoms with Crippen molar-refractivity contribution in [1.29, 1.82) is 0 Å². The third-order valence-electron chi connectivity index (χ3n) is 2.92. The Morgan fingerprint density at radius 1 is 0.850 bits per heavy atom. The molecule has 0 radical (unpaired) electrons. The number of nitrogens with one attached hydrogen (secondary N) is 3. The molecule has 6 heteroatoms. The van der Waals surface area contributed by atoms with Gasteiger partial charge in [0.2, 0.25) is 11.8 Å². The van der Waals surface area contributed by atoms with Crippen LogP contribution >= 0.6 is 0 Å². The Labute approximate surface area is 125 Å². The number of amides is 2. The van der Waals surface area contributed by atoms with Crippen LogP contribution in [0.25, 0.3) is 0 Å². The summed E-state index contributed by atoms with van der Waals surface area (Å²) in [5.41, 5.74) is 0. The highest BCUT2D eigenvalue weighted by Crippen LogP contribution is 1.93. The van der Waals surface area contributed by atoms with E-state index in [4.69, 9.17) is 0 Å². The van der Waals surface area contributed by atoms with Gasteiger partial charge in [0.1, 0.15) is 6.04 Å². The molecule has 0 rings (SSSR count). The lowest BCUT2D eigenvalue weighted by molar-refractivity contribution is -0.131. The molecule has 2 amide bonds. The molecule has 0 aliphatic heterocycles. The van der Waals surface area contributed by atoms with Crippen LogP contribution in [0, 0.1) is 0 Å². The van der Waals surface area contributed by atoms with Crippen molar-refractivity contribution in [2.75, 3.05) is 0 Å². The summed E-state index contributed by atoms with van der Waals surface area (Å²) >= 11 is 0. The first kappa shape index (κ1) is 18.6. The Kier molecular flexibility index (Phi) is 8.06. The molecular weight excluding hydrogens is 258 g/mol. The minimum absolute atomic E-state index is 0. The maximum atomic E-state index is 11.9. The zero-order valence-electron chi connectivity index (χ0n) is 13.2. The molecule has 6 nitrogen and oxygen atoms in total. The van der Waals surface area contributed by atoms with E-state index in [1.54, 1.807) is 27.7 Å². The van der Waals surface area contributed by atoms with Crippen LogP contribution in [0.4, 0.5) is 0 Å². The van der Waals surface area contributed by atoms with E-state index >= 15 is 0 Å². The first-order valence-corrected chi connectivity index (χ1v) is 7.08. The second-order valence-corrected chi connectivity index (χ2v) is 5.32. The van der Waals surface area contributed by atoms with Crippen LogP contribution in [0.1, 0.15) is 52.2 Å². The van der Waals surface area contributed by atoms with E-state index in [1.165, 1.54) is 0 Å². The summed E-state index contributed by atoms with van der Waals surface area (Å²) in [7, 11) is 0. The third-order valence-corrected chi connectivity index (χ3v) is 2.92. The lowest BCUT2D eigenvalue weighted by Gasteiger charge is -2.21. The van der Waals surface area contributed by atoms with Gasteiger partial charge in [-0.1, -0.05) is 20.8 Å². The SMILES string of the molecule is CCC(=O)C(C)NC(=O)C(C)NC(=O)C(C)NC(C)C.[HH].[HH].[HH]. The fourth-order valence-corrected chi connectivity index (χ4v) is 1.70. The number of hydrogen-bond donors (Lipinski definition) is 3. The van der Waals surface area contributed by atoms with E-state index in [1.807, 2.05) is 13.8 Å². The second-order valence-electron chi connectivity index (χ2n) is 5.32. The molecule has 3 atom stereocenters. The maximum Gasteiger partial charge on any atom is 0.242 e. The Hall–Kier alpha value is -1.43. The molecule has 3 unspecified atom stereocenters. The van der Waals surface area contributed by atoms with E-state index in [2.05, 4.69) is 16.0 Å². The van der Waals surface area contributed by atoms with Gasteiger partial charge >= 0.3 is 0 Å². The van der Waals surface area contributed by atoms with E-state index in [-0.39, 0.29) is 34.0 Å². The van der Waals surface area contributed by atoms with Gasteiger partial charge in [0.15, 0.2) is 5.78 Å². The zero-order valence-corrected chi connectivity index (χ0v) is 13.2. The molecule has 0 aromatic carbocycles. The number of carbonyl (C=O) groups is 3. The average Bonchev–Trinajstić information content (AvgIpc) is 2.36. The molecule has 0 fully saturated rings. The molecule has 0 aromatic rings. The molecule has 122 valence electrons. The highest BCUT2D eigenvalue weighted by molar-refractivity contribution is 5.93. The fraction of sp³-hybridized carbons (Fsp3) is 0.786. The average molecular weight is 291 g/mol. The minimum atomic E-state index is -0.675. The molecule has 0 spiro atoms. The molecule has 0 heterocycles. The van der Waals surface area contributed by atoms with Crippen LogP contribution in [0.3, 0.4) is 0 Å². The summed E-state index contributed by atoms with van der Waals surface area (Å²) in [6, 6.07) is -1.40. The Balaban J connectivity index is -0.000000602. The van der Waals surface area contributed by atoms with Crippen LogP contribution in [0.15, 0.2) is 0 Å². The molecule has 0 bridgehead atoms. The molecule has 0 aromatic heterocycles. The van der Waals surface area contributed by atoms with Crippen molar-refractivity contribution in [2.45, 2.75) is 72.1 Å². The van der Waals surface area contributed by atoms with Gasteiger partial charge in [-0.2, -0.15) is 0 Å². The quantitative estimate of drug-likeness (QED) is 0.625. The van der Waals surface area contributed by atoms with Gasteiger partial charge in [0.25, 0.3) is 0 Å². The van der Waals surface area contributed by atoms with Crippen molar-refractivity contribution in [1.82, 2.24) is 16.0 Å². The van der Waals surface area contributed by atoms with E-state index < -0.39 is 12.1 Å². The first-order valence-electron chi connectivity index (χ1n) is 7.08. The van der Waals surface area contributed by atoms with Crippen LogP contribution in [-0.2, 0) is 14.4 Å². The van der Waals surface area contributed by atoms with Crippen molar-refractivity contribution in [3.8, 4) is 0 Å². The maximum absolute atomic E-state index is 11.9. The van der Waals surface area contributed by atoms with Gasteiger partial charge < -0.3 is 16.0 Å². The van der Waals surface area contributed by atoms with Gasteiger partial charge in [-0.15, -0.1) is 0 Å². The smallest absolute Gasteiger partial charge is 0.242 e. The van der Waals surface area contributed by atoms with Crippen LogP contribution in [0.2, 0.25) is 0 Å². The third kappa shape index (κ3) is 6.65. The molecule has 0 saturated carbocycles. The topological polar surface area (TPSA) is 87.3 Å². The zero-order chi connectivity index (χ0) is 15.9. The Bertz CT molecular complexity index is 368. The first-order chi connectivity index (χ1) is 9.18. The molecule has 0 saturated heterocycles.